The summed E-state index contributed by atoms with van der Waals surface area (Å²) in [6.45, 7) is 7.09. The van der Waals surface area contributed by atoms with Crippen molar-refractivity contribution in [2.24, 2.45) is 5.41 Å². The van der Waals surface area contributed by atoms with E-state index >= 15 is 0 Å². The number of rotatable bonds is 3. The number of ether oxygens (including phenoxy) is 1. The molecule has 0 heterocycles. The van der Waals surface area contributed by atoms with Crippen LogP contribution in [0.25, 0.3) is 0 Å². The fourth-order valence-corrected chi connectivity index (χ4v) is 0.589. The first-order valence-corrected chi connectivity index (χ1v) is 4.27. The number of ketones is 1. The average Bonchev–Trinajstić information content (AvgIpc) is 2.01. The maximum absolute atomic E-state index is 11.4. The molecule has 0 aromatic rings. The van der Waals surface area contributed by atoms with Crippen molar-refractivity contribution in [3.05, 3.63) is 11.8 Å². The molecular formula is C10H18MnO3. The molecule has 0 bridgehead atoms. The Balaban J connectivity index is 0. The molecule has 1 unspecified atom stereocenters. The molecule has 0 saturated carbocycles. The van der Waals surface area contributed by atoms with Crippen LogP contribution in [0.2, 0.25) is 0 Å². The van der Waals surface area contributed by atoms with Gasteiger partial charge < -0.3 is 9.84 Å². The first kappa shape index (κ1) is 16.1. The second kappa shape index (κ2) is 6.23. The Morgan fingerprint density at radius 3 is 2.14 bits per heavy atom. The minimum Gasteiger partial charge on any atom is -0.509 e. The average molecular weight is 241 g/mol. The molecule has 0 rings (SSSR count). The van der Waals surface area contributed by atoms with Crippen molar-refractivity contribution in [2.75, 3.05) is 7.11 Å². The van der Waals surface area contributed by atoms with Gasteiger partial charge in [-0.05, 0) is 6.92 Å². The standard InChI is InChI=1S/C10H18O3.Mn/c1-7(13-5)8(11)6-9(12)10(2,3)4;/h6-7,11H,1-5H3;/b8-6-;. The normalized spacial score (nSPS) is 14.5. The summed E-state index contributed by atoms with van der Waals surface area (Å²) in [5, 5.41) is 9.37. The van der Waals surface area contributed by atoms with Gasteiger partial charge in [0.2, 0.25) is 0 Å². The first-order chi connectivity index (χ1) is 5.79. The van der Waals surface area contributed by atoms with Gasteiger partial charge in [0, 0.05) is 35.7 Å². The zero-order chi connectivity index (χ0) is 10.6. The molecule has 0 saturated heterocycles. The zero-order valence-corrected chi connectivity index (χ0v) is 10.5. The van der Waals surface area contributed by atoms with E-state index in [0.29, 0.717) is 0 Å². The zero-order valence-electron chi connectivity index (χ0n) is 9.30. The van der Waals surface area contributed by atoms with E-state index in [1.165, 1.54) is 13.2 Å². The Morgan fingerprint density at radius 2 is 1.86 bits per heavy atom. The van der Waals surface area contributed by atoms with Crippen LogP contribution in [0.1, 0.15) is 27.7 Å². The molecule has 0 aliphatic rings. The van der Waals surface area contributed by atoms with Crippen LogP contribution >= 0.6 is 0 Å². The molecular weight excluding hydrogens is 223 g/mol. The Bertz CT molecular complexity index is 216. The maximum atomic E-state index is 11.4. The van der Waals surface area contributed by atoms with Gasteiger partial charge >= 0.3 is 0 Å². The van der Waals surface area contributed by atoms with Crippen molar-refractivity contribution in [1.82, 2.24) is 0 Å². The molecule has 0 spiro atoms. The van der Waals surface area contributed by atoms with Crippen molar-refractivity contribution < 1.29 is 31.7 Å². The molecule has 0 aliphatic heterocycles. The molecule has 1 radical (unpaired) electrons. The largest absolute Gasteiger partial charge is 0.509 e. The molecule has 83 valence electrons. The minimum absolute atomic E-state index is 0. The van der Waals surface area contributed by atoms with E-state index < -0.39 is 11.5 Å². The van der Waals surface area contributed by atoms with E-state index in [0.717, 1.165) is 0 Å². The van der Waals surface area contributed by atoms with Crippen molar-refractivity contribution >= 4 is 5.78 Å². The molecule has 0 aliphatic carbocycles. The number of carbonyl (C=O) groups excluding carboxylic acids is 1. The molecule has 3 nitrogen and oxygen atoms in total. The topological polar surface area (TPSA) is 46.5 Å². The predicted molar refractivity (Wildman–Crippen MR) is 51.6 cm³/mol. The number of carbonyl (C=O) groups is 1. The number of aliphatic hydroxyl groups is 1. The summed E-state index contributed by atoms with van der Waals surface area (Å²) in [5.41, 5.74) is -0.457. The van der Waals surface area contributed by atoms with Gasteiger partial charge in [0.1, 0.15) is 11.9 Å². The fourth-order valence-electron chi connectivity index (χ4n) is 0.589. The van der Waals surface area contributed by atoms with E-state index in [9.17, 15) is 9.90 Å². The fraction of sp³-hybridized carbons (Fsp3) is 0.700. The molecule has 0 amide bonds. The van der Waals surface area contributed by atoms with Gasteiger partial charge in [-0.15, -0.1) is 0 Å². The molecule has 0 aromatic carbocycles. The summed E-state index contributed by atoms with van der Waals surface area (Å²) in [6.07, 6.45) is 0.806. The Kier molecular flexibility index (Phi) is 7.17. The van der Waals surface area contributed by atoms with E-state index in [-0.39, 0.29) is 28.6 Å². The summed E-state index contributed by atoms with van der Waals surface area (Å²) in [6, 6.07) is 0. The number of aliphatic hydroxyl groups excluding tert-OH is 1. The van der Waals surface area contributed by atoms with Crippen LogP contribution in [0.4, 0.5) is 0 Å². The van der Waals surface area contributed by atoms with Gasteiger partial charge in [-0.25, -0.2) is 0 Å². The third-order valence-corrected chi connectivity index (χ3v) is 1.79. The number of methoxy groups -OCH3 is 1. The van der Waals surface area contributed by atoms with Gasteiger partial charge in [0.25, 0.3) is 0 Å². The Hall–Kier alpha value is -0.311. The third-order valence-electron chi connectivity index (χ3n) is 1.79. The summed E-state index contributed by atoms with van der Waals surface area (Å²) in [4.78, 5) is 11.4. The van der Waals surface area contributed by atoms with Crippen LogP contribution in [-0.2, 0) is 26.6 Å². The molecule has 4 heteroatoms. The van der Waals surface area contributed by atoms with Crippen LogP contribution in [0.15, 0.2) is 11.8 Å². The summed E-state index contributed by atoms with van der Waals surface area (Å²) >= 11 is 0. The summed E-state index contributed by atoms with van der Waals surface area (Å²) < 4.78 is 4.85. The minimum atomic E-state index is -0.457. The summed E-state index contributed by atoms with van der Waals surface area (Å²) in [5.74, 6) is -0.128. The van der Waals surface area contributed by atoms with E-state index in [1.807, 2.05) is 0 Å². The van der Waals surface area contributed by atoms with Crippen LogP contribution < -0.4 is 0 Å². The smallest absolute Gasteiger partial charge is 0.164 e. The van der Waals surface area contributed by atoms with E-state index in [1.54, 1.807) is 27.7 Å². The summed E-state index contributed by atoms with van der Waals surface area (Å²) in [7, 11) is 1.48. The van der Waals surface area contributed by atoms with Gasteiger partial charge in [0.15, 0.2) is 5.78 Å². The number of hydrogen-bond acceptors (Lipinski definition) is 3. The second-order valence-corrected chi connectivity index (χ2v) is 4.06. The Morgan fingerprint density at radius 1 is 1.43 bits per heavy atom. The van der Waals surface area contributed by atoms with Crippen molar-refractivity contribution in [3.8, 4) is 0 Å². The molecule has 1 N–H and O–H groups in total. The van der Waals surface area contributed by atoms with Gasteiger partial charge in [-0.2, -0.15) is 0 Å². The molecule has 14 heavy (non-hydrogen) atoms. The van der Waals surface area contributed by atoms with Gasteiger partial charge in [-0.3, -0.25) is 4.79 Å². The second-order valence-electron chi connectivity index (χ2n) is 4.06. The van der Waals surface area contributed by atoms with Crippen molar-refractivity contribution in [2.45, 2.75) is 33.8 Å². The number of allylic oxidation sites excluding steroid dienone is 1. The van der Waals surface area contributed by atoms with Crippen LogP contribution in [0, 0.1) is 5.41 Å². The monoisotopic (exact) mass is 241 g/mol. The van der Waals surface area contributed by atoms with E-state index in [4.69, 9.17) is 4.74 Å². The van der Waals surface area contributed by atoms with Crippen LogP contribution in [0.3, 0.4) is 0 Å². The predicted octanol–water partition coefficient (Wildman–Crippen LogP) is 2.08. The maximum Gasteiger partial charge on any atom is 0.164 e. The van der Waals surface area contributed by atoms with Crippen LogP contribution in [0.5, 0.6) is 0 Å². The SMILES string of the molecule is COC(C)/C(O)=C/C(=O)C(C)(C)C.[Mn]. The molecule has 1 atom stereocenters. The first-order valence-electron chi connectivity index (χ1n) is 4.27. The van der Waals surface area contributed by atoms with E-state index in [2.05, 4.69) is 0 Å². The number of hydrogen-bond donors (Lipinski definition) is 1. The van der Waals surface area contributed by atoms with Gasteiger partial charge in [0.05, 0.1) is 0 Å². The molecule has 0 fully saturated rings. The van der Waals surface area contributed by atoms with Crippen molar-refractivity contribution in [3.63, 3.8) is 0 Å². The quantitative estimate of drug-likeness (QED) is 0.467. The van der Waals surface area contributed by atoms with Gasteiger partial charge in [-0.1, -0.05) is 20.8 Å². The van der Waals surface area contributed by atoms with Crippen molar-refractivity contribution in [1.29, 1.82) is 0 Å². The Labute approximate surface area is 96.0 Å². The van der Waals surface area contributed by atoms with Crippen LogP contribution in [-0.4, -0.2) is 24.1 Å². The molecule has 0 aromatic heterocycles. The third kappa shape index (κ3) is 5.43.